The normalized spacial score (nSPS) is 12.6. The summed E-state index contributed by atoms with van der Waals surface area (Å²) in [5.41, 5.74) is 0.450. The van der Waals surface area contributed by atoms with Crippen LogP contribution in [0.1, 0.15) is 37.6 Å². The van der Waals surface area contributed by atoms with Crippen LogP contribution in [-0.2, 0) is 0 Å². The molecule has 0 heterocycles. The van der Waals surface area contributed by atoms with E-state index in [4.69, 9.17) is 4.74 Å². The number of rotatable bonds is 5. The van der Waals surface area contributed by atoms with Gasteiger partial charge in [-0.15, -0.1) is 0 Å². The van der Waals surface area contributed by atoms with E-state index in [-0.39, 0.29) is 11.9 Å². The first-order valence-electron chi connectivity index (χ1n) is 5.54. The summed E-state index contributed by atoms with van der Waals surface area (Å²) in [4.78, 5) is 11.8. The maximum atomic E-state index is 11.8. The highest BCUT2D eigenvalue weighted by Gasteiger charge is 2.19. The first-order valence-corrected chi connectivity index (χ1v) is 5.54. The summed E-state index contributed by atoms with van der Waals surface area (Å²) in [6.07, 6.45) is -0.529. The molecule has 1 atom stereocenters. The Hall–Kier alpha value is -1.35. The van der Waals surface area contributed by atoms with E-state index in [0.29, 0.717) is 17.7 Å². The highest BCUT2D eigenvalue weighted by atomic mass is 16.5. The summed E-state index contributed by atoms with van der Waals surface area (Å²) in [7, 11) is 0. The smallest absolute Gasteiger partial charge is 0.194 e. The lowest BCUT2D eigenvalue weighted by molar-refractivity contribution is 0.0735. The highest BCUT2D eigenvalue weighted by molar-refractivity contribution is 6.01. The van der Waals surface area contributed by atoms with E-state index in [1.54, 1.807) is 25.1 Å². The van der Waals surface area contributed by atoms with Crippen LogP contribution in [-0.4, -0.2) is 23.1 Å². The summed E-state index contributed by atoms with van der Waals surface area (Å²) < 4.78 is 5.53. The summed E-state index contributed by atoms with van der Waals surface area (Å²) in [6.45, 7) is 5.57. The molecule has 0 radical (unpaired) electrons. The lowest BCUT2D eigenvalue weighted by atomic mass is 10.0. The van der Waals surface area contributed by atoms with Crippen molar-refractivity contribution in [3.8, 4) is 5.75 Å². The predicted octanol–water partition coefficient (Wildman–Crippen LogP) is 2.43. The lowest BCUT2D eigenvalue weighted by Gasteiger charge is -2.14. The van der Waals surface area contributed by atoms with E-state index in [2.05, 4.69) is 0 Å². The number of ketones is 1. The van der Waals surface area contributed by atoms with Crippen LogP contribution in [0.3, 0.4) is 0 Å². The summed E-state index contributed by atoms with van der Waals surface area (Å²) >= 11 is 0. The Kier molecular flexibility index (Phi) is 4.50. The summed E-state index contributed by atoms with van der Waals surface area (Å²) in [5, 5.41) is 9.53. The number of hydrogen-bond acceptors (Lipinski definition) is 3. The van der Waals surface area contributed by atoms with Crippen LogP contribution in [0.5, 0.6) is 5.75 Å². The summed E-state index contributed by atoms with van der Waals surface area (Å²) in [5.74, 6) is 0.258. The second-order valence-electron chi connectivity index (χ2n) is 3.95. The van der Waals surface area contributed by atoms with Crippen molar-refractivity contribution in [3.05, 3.63) is 29.8 Å². The van der Waals surface area contributed by atoms with Gasteiger partial charge < -0.3 is 9.84 Å². The molecule has 0 fully saturated rings. The number of para-hydroxylation sites is 1. The maximum Gasteiger partial charge on any atom is 0.194 e. The number of aliphatic hydroxyl groups excluding tert-OH is 1. The van der Waals surface area contributed by atoms with Gasteiger partial charge in [-0.2, -0.15) is 0 Å². The molecule has 0 aromatic heterocycles. The van der Waals surface area contributed by atoms with Crippen LogP contribution in [0.4, 0.5) is 0 Å². The number of carbonyl (C=O) groups is 1. The number of hydrogen-bond donors (Lipinski definition) is 1. The molecule has 0 amide bonds. The van der Waals surface area contributed by atoms with Crippen molar-refractivity contribution >= 4 is 5.78 Å². The van der Waals surface area contributed by atoms with Gasteiger partial charge in [0.15, 0.2) is 5.78 Å². The molecule has 0 saturated heterocycles. The van der Waals surface area contributed by atoms with Crippen LogP contribution in [0.15, 0.2) is 24.3 Å². The van der Waals surface area contributed by atoms with Crippen LogP contribution in [0.2, 0.25) is 0 Å². The molecule has 0 bridgehead atoms. The van der Waals surface area contributed by atoms with Crippen molar-refractivity contribution in [3.63, 3.8) is 0 Å². The van der Waals surface area contributed by atoms with Gasteiger partial charge in [-0.3, -0.25) is 4.79 Å². The zero-order valence-corrected chi connectivity index (χ0v) is 9.93. The molecule has 0 aliphatic carbocycles. The molecule has 1 aromatic rings. The molecule has 1 rings (SSSR count). The number of benzene rings is 1. The Bertz CT molecular complexity index is 358. The average Bonchev–Trinajstić information content (AvgIpc) is 2.27. The first-order chi connectivity index (χ1) is 7.56. The lowest BCUT2D eigenvalue weighted by Crippen LogP contribution is -2.20. The molecular weight excluding hydrogens is 204 g/mol. The summed E-state index contributed by atoms with van der Waals surface area (Å²) in [6, 6.07) is 7.00. The molecule has 0 aliphatic rings. The zero-order valence-electron chi connectivity index (χ0n) is 9.93. The molecule has 1 unspecified atom stereocenters. The van der Waals surface area contributed by atoms with Crippen LogP contribution in [0, 0.1) is 0 Å². The molecule has 1 N–H and O–H groups in total. The van der Waals surface area contributed by atoms with E-state index >= 15 is 0 Å². The largest absolute Gasteiger partial charge is 0.490 e. The van der Waals surface area contributed by atoms with Crippen LogP contribution < -0.4 is 4.74 Å². The van der Waals surface area contributed by atoms with Crippen molar-refractivity contribution < 1.29 is 14.6 Å². The SMILES string of the molecule is CCC(O)C(=O)c1ccccc1OC(C)C. The van der Waals surface area contributed by atoms with Crippen LogP contribution in [0.25, 0.3) is 0 Å². The molecule has 0 saturated carbocycles. The van der Waals surface area contributed by atoms with E-state index in [9.17, 15) is 9.90 Å². The first kappa shape index (κ1) is 12.7. The Morgan fingerprint density at radius 1 is 1.38 bits per heavy atom. The molecule has 0 aliphatic heterocycles. The minimum atomic E-state index is -0.947. The van der Waals surface area contributed by atoms with Gasteiger partial charge in [-0.25, -0.2) is 0 Å². The molecule has 88 valence electrons. The van der Waals surface area contributed by atoms with Gasteiger partial charge >= 0.3 is 0 Å². The second-order valence-corrected chi connectivity index (χ2v) is 3.95. The third-order valence-electron chi connectivity index (χ3n) is 2.20. The van der Waals surface area contributed by atoms with E-state index < -0.39 is 6.10 Å². The van der Waals surface area contributed by atoms with Gasteiger partial charge in [0.1, 0.15) is 11.9 Å². The van der Waals surface area contributed by atoms with E-state index in [1.807, 2.05) is 19.9 Å². The van der Waals surface area contributed by atoms with Crippen molar-refractivity contribution in [2.45, 2.75) is 39.4 Å². The highest BCUT2D eigenvalue weighted by Crippen LogP contribution is 2.21. The molecule has 3 nitrogen and oxygen atoms in total. The quantitative estimate of drug-likeness (QED) is 0.778. The third kappa shape index (κ3) is 3.07. The monoisotopic (exact) mass is 222 g/mol. The second kappa shape index (κ2) is 5.66. The fourth-order valence-corrected chi connectivity index (χ4v) is 1.39. The predicted molar refractivity (Wildman–Crippen MR) is 62.8 cm³/mol. The minimum Gasteiger partial charge on any atom is -0.490 e. The minimum absolute atomic E-state index is 0.00715. The number of Topliss-reactive ketones (excluding diaryl/α,β-unsaturated/α-hetero) is 1. The molecule has 1 aromatic carbocycles. The maximum absolute atomic E-state index is 11.8. The van der Waals surface area contributed by atoms with Crippen molar-refractivity contribution in [1.82, 2.24) is 0 Å². The fraction of sp³-hybridized carbons (Fsp3) is 0.462. The molecule has 16 heavy (non-hydrogen) atoms. The van der Waals surface area contributed by atoms with Gasteiger partial charge in [0.2, 0.25) is 0 Å². The molecule has 0 spiro atoms. The number of carbonyl (C=O) groups excluding carboxylic acids is 1. The Labute approximate surface area is 96.1 Å². The topological polar surface area (TPSA) is 46.5 Å². The van der Waals surface area contributed by atoms with Gasteiger partial charge in [-0.05, 0) is 32.4 Å². The Balaban J connectivity index is 2.98. The average molecular weight is 222 g/mol. The number of ether oxygens (including phenoxy) is 1. The van der Waals surface area contributed by atoms with E-state index in [1.165, 1.54) is 0 Å². The zero-order chi connectivity index (χ0) is 12.1. The third-order valence-corrected chi connectivity index (χ3v) is 2.20. The van der Waals surface area contributed by atoms with Gasteiger partial charge in [0.05, 0.1) is 11.7 Å². The molecule has 3 heteroatoms. The van der Waals surface area contributed by atoms with E-state index in [0.717, 1.165) is 0 Å². The Morgan fingerprint density at radius 3 is 2.56 bits per heavy atom. The van der Waals surface area contributed by atoms with Gasteiger partial charge in [-0.1, -0.05) is 19.1 Å². The number of aliphatic hydroxyl groups is 1. The van der Waals surface area contributed by atoms with Crippen molar-refractivity contribution in [1.29, 1.82) is 0 Å². The van der Waals surface area contributed by atoms with Crippen LogP contribution >= 0.6 is 0 Å². The molecular formula is C13H18O3. The van der Waals surface area contributed by atoms with Crippen molar-refractivity contribution in [2.75, 3.05) is 0 Å². The van der Waals surface area contributed by atoms with Gasteiger partial charge in [0.25, 0.3) is 0 Å². The Morgan fingerprint density at radius 2 is 2.00 bits per heavy atom. The van der Waals surface area contributed by atoms with Gasteiger partial charge in [0, 0.05) is 0 Å². The standard InChI is InChI=1S/C13H18O3/c1-4-11(14)13(15)10-7-5-6-8-12(10)16-9(2)3/h5-9,11,14H,4H2,1-3H3. The van der Waals surface area contributed by atoms with Crippen molar-refractivity contribution in [2.24, 2.45) is 0 Å². The fourth-order valence-electron chi connectivity index (χ4n) is 1.39.